The second-order valence-corrected chi connectivity index (χ2v) is 10.2. The number of para-hydroxylation sites is 1. The Morgan fingerprint density at radius 1 is 1.00 bits per heavy atom. The lowest BCUT2D eigenvalue weighted by Gasteiger charge is -2.25. The summed E-state index contributed by atoms with van der Waals surface area (Å²) in [5, 5.41) is 0.608. The van der Waals surface area contributed by atoms with Gasteiger partial charge in [0, 0.05) is 24.7 Å². The molecule has 1 aromatic heterocycles. The van der Waals surface area contributed by atoms with E-state index in [2.05, 4.69) is 6.07 Å². The molecule has 7 nitrogen and oxygen atoms in total. The number of benzene rings is 3. The molecule has 3 heterocycles. The number of aryl methyl sites for hydroxylation is 2. The van der Waals surface area contributed by atoms with E-state index in [0.29, 0.717) is 42.1 Å². The predicted molar refractivity (Wildman–Crippen MR) is 141 cm³/mol. The minimum atomic E-state index is -0.501. The Kier molecular flexibility index (Phi) is 5.60. The molecule has 0 bridgehead atoms. The highest BCUT2D eigenvalue weighted by molar-refractivity contribution is 7.22. The van der Waals surface area contributed by atoms with Crippen molar-refractivity contribution in [1.82, 2.24) is 4.98 Å². The molecule has 1 saturated heterocycles. The van der Waals surface area contributed by atoms with E-state index in [-0.39, 0.29) is 18.2 Å². The number of anilines is 3. The molecule has 3 aromatic carbocycles. The van der Waals surface area contributed by atoms with Crippen LogP contribution in [0.5, 0.6) is 11.5 Å². The van der Waals surface area contributed by atoms with Crippen molar-refractivity contribution in [2.75, 3.05) is 29.6 Å². The fourth-order valence-corrected chi connectivity index (χ4v) is 5.86. The van der Waals surface area contributed by atoms with Crippen molar-refractivity contribution in [1.29, 1.82) is 0 Å². The van der Waals surface area contributed by atoms with E-state index in [4.69, 9.17) is 14.5 Å². The van der Waals surface area contributed by atoms with Gasteiger partial charge in [-0.2, -0.15) is 0 Å². The molecule has 182 valence electrons. The summed E-state index contributed by atoms with van der Waals surface area (Å²) in [5.74, 6) is 0.564. The lowest BCUT2D eigenvalue weighted by molar-refractivity contribution is -0.123. The molecule has 6 rings (SSSR count). The number of hydrogen-bond acceptors (Lipinski definition) is 6. The number of fused-ring (bicyclic) bond motifs is 2. The van der Waals surface area contributed by atoms with Crippen molar-refractivity contribution in [3.05, 3.63) is 71.8 Å². The number of thiazole rings is 1. The first kappa shape index (κ1) is 22.5. The number of carbonyl (C=O) groups is 2. The molecule has 0 spiro atoms. The SMILES string of the molecule is Cc1cc(C)cc(N(C(=O)[C@@H]2CC(=O)N(c3ccc4c(c3)OCCO4)C2)c2nc3ccccc3s2)c1. The van der Waals surface area contributed by atoms with Gasteiger partial charge in [0.1, 0.15) is 13.2 Å². The maximum Gasteiger partial charge on any atom is 0.238 e. The van der Waals surface area contributed by atoms with Gasteiger partial charge in [-0.25, -0.2) is 4.98 Å². The molecule has 0 radical (unpaired) electrons. The molecule has 1 atom stereocenters. The zero-order chi connectivity index (χ0) is 24.8. The number of ether oxygens (including phenoxy) is 2. The fourth-order valence-electron chi connectivity index (χ4n) is 4.87. The monoisotopic (exact) mass is 499 g/mol. The summed E-state index contributed by atoms with van der Waals surface area (Å²) in [6.07, 6.45) is 0.138. The largest absolute Gasteiger partial charge is 0.486 e. The molecule has 2 aliphatic heterocycles. The van der Waals surface area contributed by atoms with E-state index in [1.165, 1.54) is 11.3 Å². The summed E-state index contributed by atoms with van der Waals surface area (Å²) in [4.78, 5) is 35.3. The summed E-state index contributed by atoms with van der Waals surface area (Å²) in [6.45, 7) is 5.30. The first-order chi connectivity index (χ1) is 17.5. The summed E-state index contributed by atoms with van der Waals surface area (Å²) < 4.78 is 12.3. The smallest absolute Gasteiger partial charge is 0.238 e. The number of nitrogens with zero attached hydrogens (tertiary/aromatic N) is 3. The molecular weight excluding hydrogens is 474 g/mol. The third kappa shape index (κ3) is 4.07. The third-order valence-corrected chi connectivity index (χ3v) is 7.49. The zero-order valence-corrected chi connectivity index (χ0v) is 20.9. The van der Waals surface area contributed by atoms with E-state index in [1.54, 1.807) is 9.80 Å². The Balaban J connectivity index is 1.35. The van der Waals surface area contributed by atoms with E-state index in [9.17, 15) is 9.59 Å². The Labute approximate surface area is 212 Å². The average molecular weight is 500 g/mol. The number of rotatable bonds is 4. The number of carbonyl (C=O) groups excluding carboxylic acids is 2. The number of amides is 2. The second-order valence-electron chi connectivity index (χ2n) is 9.22. The van der Waals surface area contributed by atoms with Crippen LogP contribution >= 0.6 is 11.3 Å². The van der Waals surface area contributed by atoms with Gasteiger partial charge in [-0.05, 0) is 61.4 Å². The van der Waals surface area contributed by atoms with Crippen LogP contribution in [0.4, 0.5) is 16.5 Å². The third-order valence-electron chi connectivity index (χ3n) is 6.47. The van der Waals surface area contributed by atoms with Crippen LogP contribution in [0.15, 0.2) is 60.7 Å². The van der Waals surface area contributed by atoms with Crippen molar-refractivity contribution in [2.24, 2.45) is 5.92 Å². The van der Waals surface area contributed by atoms with Crippen molar-refractivity contribution >= 4 is 49.9 Å². The van der Waals surface area contributed by atoms with Crippen LogP contribution in [-0.2, 0) is 9.59 Å². The quantitative estimate of drug-likeness (QED) is 0.376. The van der Waals surface area contributed by atoms with Crippen LogP contribution in [0.25, 0.3) is 10.2 Å². The maximum atomic E-state index is 14.1. The fraction of sp³-hybridized carbons (Fsp3) is 0.250. The van der Waals surface area contributed by atoms with Crippen molar-refractivity contribution in [2.45, 2.75) is 20.3 Å². The highest BCUT2D eigenvalue weighted by Gasteiger charge is 2.39. The van der Waals surface area contributed by atoms with Crippen LogP contribution in [-0.4, -0.2) is 36.6 Å². The molecule has 0 aliphatic carbocycles. The van der Waals surface area contributed by atoms with E-state index < -0.39 is 5.92 Å². The standard InChI is InChI=1S/C28H25N3O4S/c1-17-11-18(2)13-21(12-17)31(28-29-22-5-3-4-6-25(22)36-28)27(33)19-14-26(32)30(16-19)20-7-8-23-24(15-20)35-10-9-34-23/h3-8,11-13,15,19H,9-10,14,16H2,1-2H3/t19-/m1/s1. The van der Waals surface area contributed by atoms with Crippen molar-refractivity contribution < 1.29 is 19.1 Å². The Morgan fingerprint density at radius 3 is 2.53 bits per heavy atom. The molecule has 2 aliphatic rings. The molecular formula is C28H25N3O4S. The molecule has 4 aromatic rings. The van der Waals surface area contributed by atoms with Gasteiger partial charge in [-0.1, -0.05) is 29.5 Å². The van der Waals surface area contributed by atoms with Gasteiger partial charge < -0.3 is 14.4 Å². The van der Waals surface area contributed by atoms with Gasteiger partial charge in [0.25, 0.3) is 0 Å². The van der Waals surface area contributed by atoms with E-state index >= 15 is 0 Å². The first-order valence-corrected chi connectivity index (χ1v) is 12.8. The van der Waals surface area contributed by atoms with E-state index in [0.717, 1.165) is 27.0 Å². The van der Waals surface area contributed by atoms with Gasteiger partial charge in [-0.3, -0.25) is 14.5 Å². The topological polar surface area (TPSA) is 72.0 Å². The van der Waals surface area contributed by atoms with Crippen molar-refractivity contribution in [3.63, 3.8) is 0 Å². The molecule has 8 heteroatoms. The number of aromatic nitrogens is 1. The molecule has 1 fully saturated rings. The van der Waals surface area contributed by atoms with Crippen LogP contribution in [0.1, 0.15) is 17.5 Å². The van der Waals surface area contributed by atoms with E-state index in [1.807, 2.05) is 68.4 Å². The second kappa shape index (κ2) is 8.95. The molecule has 36 heavy (non-hydrogen) atoms. The van der Waals surface area contributed by atoms with Crippen LogP contribution in [0.2, 0.25) is 0 Å². The normalized spacial score (nSPS) is 17.0. The maximum absolute atomic E-state index is 14.1. The molecule has 0 saturated carbocycles. The van der Waals surface area contributed by atoms with Gasteiger partial charge >= 0.3 is 0 Å². The number of hydrogen-bond donors (Lipinski definition) is 0. The minimum Gasteiger partial charge on any atom is -0.486 e. The Morgan fingerprint density at radius 2 is 1.75 bits per heavy atom. The summed E-state index contributed by atoms with van der Waals surface area (Å²) >= 11 is 1.48. The summed E-state index contributed by atoms with van der Waals surface area (Å²) in [5.41, 5.74) is 4.44. The predicted octanol–water partition coefficient (Wildman–Crippen LogP) is 5.40. The Hall–Kier alpha value is -3.91. The lowest BCUT2D eigenvalue weighted by atomic mass is 10.1. The summed E-state index contributed by atoms with van der Waals surface area (Å²) in [7, 11) is 0. The van der Waals surface area contributed by atoms with Crippen LogP contribution in [0.3, 0.4) is 0 Å². The highest BCUT2D eigenvalue weighted by Crippen LogP contribution is 2.39. The Bertz CT molecular complexity index is 1440. The minimum absolute atomic E-state index is 0.0882. The van der Waals surface area contributed by atoms with Gasteiger partial charge in [0.15, 0.2) is 16.6 Å². The van der Waals surface area contributed by atoms with Crippen LogP contribution < -0.4 is 19.3 Å². The molecule has 0 unspecified atom stereocenters. The zero-order valence-electron chi connectivity index (χ0n) is 20.1. The van der Waals surface area contributed by atoms with Gasteiger partial charge in [-0.15, -0.1) is 0 Å². The van der Waals surface area contributed by atoms with Crippen molar-refractivity contribution in [3.8, 4) is 11.5 Å². The highest BCUT2D eigenvalue weighted by atomic mass is 32.1. The first-order valence-electron chi connectivity index (χ1n) is 11.9. The van der Waals surface area contributed by atoms with Gasteiger partial charge in [0.05, 0.1) is 21.8 Å². The molecule has 0 N–H and O–H groups in total. The van der Waals surface area contributed by atoms with Gasteiger partial charge in [0.2, 0.25) is 11.8 Å². The molecule has 2 amide bonds. The lowest BCUT2D eigenvalue weighted by Crippen LogP contribution is -2.34. The average Bonchev–Trinajstić information content (AvgIpc) is 3.46. The van der Waals surface area contributed by atoms with Crippen LogP contribution in [0, 0.1) is 19.8 Å². The summed E-state index contributed by atoms with van der Waals surface area (Å²) in [6, 6.07) is 19.4.